The minimum Gasteiger partial charge on any atom is -0.484 e. The van der Waals surface area contributed by atoms with Gasteiger partial charge in [0.05, 0.1) is 5.60 Å². The van der Waals surface area contributed by atoms with Gasteiger partial charge in [0.1, 0.15) is 5.75 Å². The van der Waals surface area contributed by atoms with E-state index >= 15 is 0 Å². The Morgan fingerprint density at radius 3 is 2.70 bits per heavy atom. The number of anilines is 1. The number of halogens is 1. The first-order valence-corrected chi connectivity index (χ1v) is 7.86. The van der Waals surface area contributed by atoms with E-state index in [1.54, 1.807) is 36.1 Å². The molecule has 0 spiro atoms. The molecule has 3 rings (SSSR count). The lowest BCUT2D eigenvalue weighted by atomic mass is 9.87. The number of aliphatic hydroxyl groups is 1. The first kappa shape index (κ1) is 15.8. The molecule has 120 valence electrons. The second-order valence-electron chi connectivity index (χ2n) is 5.83. The largest absolute Gasteiger partial charge is 0.484 e. The number of nitrogens with zero attached hydrogens (tertiary/aromatic N) is 1. The third kappa shape index (κ3) is 3.33. The SMILES string of the molecule is CC1(O)CCN(C(=O)COc2ccc(Cl)cc2)c2ccccc21. The van der Waals surface area contributed by atoms with Crippen molar-refractivity contribution in [1.29, 1.82) is 0 Å². The maximum absolute atomic E-state index is 12.5. The number of rotatable bonds is 3. The third-order valence-electron chi connectivity index (χ3n) is 4.07. The van der Waals surface area contributed by atoms with Gasteiger partial charge in [0, 0.05) is 22.8 Å². The van der Waals surface area contributed by atoms with Crippen LogP contribution in [0.25, 0.3) is 0 Å². The zero-order valence-corrected chi connectivity index (χ0v) is 13.6. The number of ether oxygens (including phenoxy) is 1. The summed E-state index contributed by atoms with van der Waals surface area (Å²) < 4.78 is 5.53. The molecule has 0 aromatic heterocycles. The van der Waals surface area contributed by atoms with E-state index in [2.05, 4.69) is 0 Å². The lowest BCUT2D eigenvalue weighted by Gasteiger charge is -2.37. The van der Waals surface area contributed by atoms with Crippen molar-refractivity contribution in [3.8, 4) is 5.75 Å². The third-order valence-corrected chi connectivity index (χ3v) is 4.33. The molecule has 0 radical (unpaired) electrons. The Balaban J connectivity index is 1.74. The summed E-state index contributed by atoms with van der Waals surface area (Å²) in [4.78, 5) is 14.2. The molecule has 0 fully saturated rings. The van der Waals surface area contributed by atoms with E-state index in [9.17, 15) is 9.90 Å². The molecule has 0 aliphatic carbocycles. The van der Waals surface area contributed by atoms with Crippen LogP contribution in [0.1, 0.15) is 18.9 Å². The van der Waals surface area contributed by atoms with E-state index in [1.807, 2.05) is 24.3 Å². The fraction of sp³-hybridized carbons (Fsp3) is 0.278. The minimum atomic E-state index is -0.912. The Morgan fingerprint density at radius 2 is 1.96 bits per heavy atom. The molecule has 1 heterocycles. The van der Waals surface area contributed by atoms with E-state index in [-0.39, 0.29) is 12.5 Å². The zero-order valence-electron chi connectivity index (χ0n) is 12.8. The Labute approximate surface area is 140 Å². The number of hydrogen-bond acceptors (Lipinski definition) is 3. The van der Waals surface area contributed by atoms with Crippen molar-refractivity contribution < 1.29 is 14.6 Å². The molecule has 23 heavy (non-hydrogen) atoms. The minimum absolute atomic E-state index is 0.0574. The summed E-state index contributed by atoms with van der Waals surface area (Å²) in [5.74, 6) is 0.461. The van der Waals surface area contributed by atoms with Crippen LogP contribution in [0.5, 0.6) is 5.75 Å². The van der Waals surface area contributed by atoms with E-state index in [4.69, 9.17) is 16.3 Å². The van der Waals surface area contributed by atoms with Crippen LogP contribution in [0.3, 0.4) is 0 Å². The van der Waals surface area contributed by atoms with Gasteiger partial charge in [0.15, 0.2) is 6.61 Å². The average molecular weight is 332 g/mol. The molecule has 0 saturated heterocycles. The van der Waals surface area contributed by atoms with Crippen molar-refractivity contribution in [2.45, 2.75) is 18.9 Å². The topological polar surface area (TPSA) is 49.8 Å². The second-order valence-corrected chi connectivity index (χ2v) is 6.27. The van der Waals surface area contributed by atoms with Crippen molar-refractivity contribution in [2.75, 3.05) is 18.1 Å². The standard InChI is InChI=1S/C18H18ClNO3/c1-18(22)10-11-20(16-5-3-2-4-15(16)18)17(21)12-23-14-8-6-13(19)7-9-14/h2-9,22H,10-12H2,1H3. The molecular weight excluding hydrogens is 314 g/mol. The zero-order chi connectivity index (χ0) is 16.4. The molecule has 1 atom stereocenters. The van der Waals surface area contributed by atoms with Crippen molar-refractivity contribution >= 4 is 23.2 Å². The maximum Gasteiger partial charge on any atom is 0.264 e. The van der Waals surface area contributed by atoms with Crippen molar-refractivity contribution in [3.05, 3.63) is 59.1 Å². The Hall–Kier alpha value is -2.04. The number of carbonyl (C=O) groups is 1. The molecule has 1 N–H and O–H groups in total. The van der Waals surface area contributed by atoms with Gasteiger partial charge in [-0.3, -0.25) is 4.79 Å². The van der Waals surface area contributed by atoms with Crippen LogP contribution in [0, 0.1) is 0 Å². The molecule has 1 amide bonds. The summed E-state index contributed by atoms with van der Waals surface area (Å²) in [6, 6.07) is 14.3. The van der Waals surface area contributed by atoms with Crippen LogP contribution in [0.4, 0.5) is 5.69 Å². The number of fused-ring (bicyclic) bond motifs is 1. The van der Waals surface area contributed by atoms with Gasteiger partial charge in [0.25, 0.3) is 5.91 Å². The number of para-hydroxylation sites is 1. The van der Waals surface area contributed by atoms with Gasteiger partial charge in [-0.05, 0) is 43.7 Å². The van der Waals surface area contributed by atoms with E-state index in [1.165, 1.54) is 0 Å². The Morgan fingerprint density at radius 1 is 1.26 bits per heavy atom. The number of benzene rings is 2. The van der Waals surface area contributed by atoms with Crippen LogP contribution in [-0.4, -0.2) is 24.2 Å². The van der Waals surface area contributed by atoms with Gasteiger partial charge >= 0.3 is 0 Å². The van der Waals surface area contributed by atoms with Gasteiger partial charge in [-0.2, -0.15) is 0 Å². The monoisotopic (exact) mass is 331 g/mol. The van der Waals surface area contributed by atoms with Crippen LogP contribution in [0.15, 0.2) is 48.5 Å². The number of hydrogen-bond donors (Lipinski definition) is 1. The van der Waals surface area contributed by atoms with Crippen LogP contribution < -0.4 is 9.64 Å². The van der Waals surface area contributed by atoms with Gasteiger partial charge in [-0.25, -0.2) is 0 Å². The molecule has 5 heteroatoms. The highest BCUT2D eigenvalue weighted by Gasteiger charge is 2.35. The van der Waals surface area contributed by atoms with Gasteiger partial charge in [-0.1, -0.05) is 29.8 Å². The van der Waals surface area contributed by atoms with Crippen molar-refractivity contribution in [3.63, 3.8) is 0 Å². The first-order valence-electron chi connectivity index (χ1n) is 7.48. The summed E-state index contributed by atoms with van der Waals surface area (Å²) in [5, 5.41) is 11.1. The van der Waals surface area contributed by atoms with Crippen molar-refractivity contribution in [2.24, 2.45) is 0 Å². The Kier molecular flexibility index (Phi) is 4.28. The molecule has 0 bridgehead atoms. The lowest BCUT2D eigenvalue weighted by Crippen LogP contribution is -2.44. The quantitative estimate of drug-likeness (QED) is 0.938. The molecular formula is C18H18ClNO3. The van der Waals surface area contributed by atoms with Crippen LogP contribution in [0.2, 0.25) is 5.02 Å². The normalized spacial score (nSPS) is 20.0. The molecule has 0 saturated carbocycles. The van der Waals surface area contributed by atoms with Crippen LogP contribution >= 0.6 is 11.6 Å². The van der Waals surface area contributed by atoms with Gasteiger partial charge in [-0.15, -0.1) is 0 Å². The summed E-state index contributed by atoms with van der Waals surface area (Å²) in [7, 11) is 0. The van der Waals surface area contributed by atoms with E-state index in [0.717, 1.165) is 11.3 Å². The fourth-order valence-corrected chi connectivity index (χ4v) is 2.89. The summed E-state index contributed by atoms with van der Waals surface area (Å²) in [5.41, 5.74) is 0.601. The number of amides is 1. The highest BCUT2D eigenvalue weighted by atomic mass is 35.5. The van der Waals surface area contributed by atoms with E-state index in [0.29, 0.717) is 23.7 Å². The van der Waals surface area contributed by atoms with Crippen LogP contribution in [-0.2, 0) is 10.4 Å². The Bertz CT molecular complexity index is 712. The second kappa shape index (κ2) is 6.22. The molecule has 1 unspecified atom stereocenters. The predicted octanol–water partition coefficient (Wildman–Crippen LogP) is 3.36. The fourth-order valence-electron chi connectivity index (χ4n) is 2.76. The smallest absolute Gasteiger partial charge is 0.264 e. The van der Waals surface area contributed by atoms with E-state index < -0.39 is 5.60 Å². The predicted molar refractivity (Wildman–Crippen MR) is 89.9 cm³/mol. The summed E-state index contributed by atoms with van der Waals surface area (Å²) in [6.45, 7) is 2.18. The molecule has 2 aromatic carbocycles. The maximum atomic E-state index is 12.5. The average Bonchev–Trinajstić information content (AvgIpc) is 2.54. The highest BCUT2D eigenvalue weighted by Crippen LogP contribution is 2.37. The molecule has 1 aliphatic rings. The van der Waals surface area contributed by atoms with Gasteiger partial charge in [0.2, 0.25) is 0 Å². The summed E-state index contributed by atoms with van der Waals surface area (Å²) in [6.07, 6.45) is 0.497. The molecule has 2 aromatic rings. The highest BCUT2D eigenvalue weighted by molar-refractivity contribution is 6.30. The first-order chi connectivity index (χ1) is 11.0. The molecule has 4 nitrogen and oxygen atoms in total. The van der Waals surface area contributed by atoms with Crippen molar-refractivity contribution in [1.82, 2.24) is 0 Å². The number of carbonyl (C=O) groups excluding carboxylic acids is 1. The summed E-state index contributed by atoms with van der Waals surface area (Å²) >= 11 is 5.82. The molecule has 1 aliphatic heterocycles. The van der Waals surface area contributed by atoms with Gasteiger partial charge < -0.3 is 14.7 Å². The lowest BCUT2D eigenvalue weighted by molar-refractivity contribution is -0.120.